The second kappa shape index (κ2) is 5.16. The van der Waals surface area contributed by atoms with E-state index in [1.807, 2.05) is 16.5 Å². The molecule has 0 N–H and O–H groups in total. The average Bonchev–Trinajstić information content (AvgIpc) is 3.11. The molecular weight excluding hydrogens is 266 g/mol. The first-order valence-corrected chi connectivity index (χ1v) is 7.67. The van der Waals surface area contributed by atoms with Gasteiger partial charge in [-0.3, -0.25) is 9.78 Å². The minimum Gasteiger partial charge on any atom is -0.337 e. The van der Waals surface area contributed by atoms with Crippen LogP contribution in [0.4, 0.5) is 0 Å². The molecule has 0 bridgehead atoms. The van der Waals surface area contributed by atoms with Crippen molar-refractivity contribution in [3.05, 3.63) is 33.2 Å². The molecule has 94 valence electrons. The number of thiazole rings is 2. The fourth-order valence-electron chi connectivity index (χ4n) is 2.28. The number of amides is 1. The molecule has 18 heavy (non-hydrogen) atoms. The zero-order valence-corrected chi connectivity index (χ0v) is 11.4. The van der Waals surface area contributed by atoms with E-state index in [2.05, 4.69) is 9.97 Å². The summed E-state index contributed by atoms with van der Waals surface area (Å²) < 4.78 is 0. The van der Waals surface area contributed by atoms with Gasteiger partial charge in [-0.25, -0.2) is 4.98 Å². The van der Waals surface area contributed by atoms with Gasteiger partial charge < -0.3 is 4.90 Å². The van der Waals surface area contributed by atoms with Gasteiger partial charge in [-0.2, -0.15) is 0 Å². The minimum absolute atomic E-state index is 0.110. The third-order valence-electron chi connectivity index (χ3n) is 3.15. The van der Waals surface area contributed by atoms with Gasteiger partial charge in [0.2, 0.25) is 0 Å². The quantitative estimate of drug-likeness (QED) is 0.849. The normalized spacial score (nSPS) is 20.0. The second-order valence-electron chi connectivity index (χ2n) is 4.33. The smallest absolute Gasteiger partial charge is 0.265 e. The Morgan fingerprint density at radius 1 is 1.44 bits per heavy atom. The molecule has 1 aliphatic rings. The molecule has 1 amide bonds. The van der Waals surface area contributed by atoms with Crippen molar-refractivity contribution in [3.63, 3.8) is 0 Å². The lowest BCUT2D eigenvalue weighted by atomic mass is 9.98. The van der Waals surface area contributed by atoms with Crippen molar-refractivity contribution in [2.45, 2.75) is 18.8 Å². The summed E-state index contributed by atoms with van der Waals surface area (Å²) >= 11 is 3.09. The molecule has 0 radical (unpaired) electrons. The Kier molecular flexibility index (Phi) is 3.38. The minimum atomic E-state index is 0.110. The molecule has 6 heteroatoms. The van der Waals surface area contributed by atoms with Crippen molar-refractivity contribution in [3.8, 4) is 0 Å². The molecule has 0 aromatic carbocycles. The van der Waals surface area contributed by atoms with Crippen LogP contribution in [0, 0.1) is 0 Å². The first kappa shape index (κ1) is 11.8. The summed E-state index contributed by atoms with van der Waals surface area (Å²) in [6.07, 6.45) is 5.67. The molecule has 0 aliphatic carbocycles. The predicted octanol–water partition coefficient (Wildman–Crippen LogP) is 2.62. The highest BCUT2D eigenvalue weighted by Crippen LogP contribution is 2.29. The maximum Gasteiger partial charge on any atom is 0.265 e. The van der Waals surface area contributed by atoms with Crippen molar-refractivity contribution >= 4 is 28.6 Å². The molecule has 0 spiro atoms. The number of likely N-dealkylation sites (tertiary alicyclic amines) is 1. The maximum absolute atomic E-state index is 12.3. The lowest BCUT2D eigenvalue weighted by Gasteiger charge is -2.31. The van der Waals surface area contributed by atoms with Crippen LogP contribution in [-0.2, 0) is 0 Å². The second-order valence-corrected chi connectivity index (χ2v) is 6.14. The number of aromatic nitrogens is 2. The van der Waals surface area contributed by atoms with Crippen molar-refractivity contribution in [2.75, 3.05) is 13.1 Å². The number of hydrogen-bond acceptors (Lipinski definition) is 5. The van der Waals surface area contributed by atoms with Crippen LogP contribution in [0.2, 0.25) is 0 Å². The van der Waals surface area contributed by atoms with Crippen LogP contribution in [0.25, 0.3) is 0 Å². The first-order chi connectivity index (χ1) is 8.84. The fourth-order valence-corrected chi connectivity index (χ4v) is 3.63. The van der Waals surface area contributed by atoms with Crippen LogP contribution in [0.15, 0.2) is 23.3 Å². The zero-order chi connectivity index (χ0) is 12.4. The SMILES string of the molecule is O=C(c1cncs1)N1CCCC(c2nccs2)C1. The van der Waals surface area contributed by atoms with E-state index in [0.29, 0.717) is 5.92 Å². The van der Waals surface area contributed by atoms with Gasteiger partial charge in [0, 0.05) is 30.6 Å². The summed E-state index contributed by atoms with van der Waals surface area (Å²) in [5.74, 6) is 0.509. The Labute approximate surface area is 113 Å². The van der Waals surface area contributed by atoms with E-state index < -0.39 is 0 Å². The Bertz CT molecular complexity index is 509. The molecule has 3 heterocycles. The van der Waals surface area contributed by atoms with Gasteiger partial charge >= 0.3 is 0 Å². The van der Waals surface area contributed by atoms with E-state index in [-0.39, 0.29) is 5.91 Å². The lowest BCUT2D eigenvalue weighted by molar-refractivity contribution is 0.0711. The van der Waals surface area contributed by atoms with Gasteiger partial charge in [-0.1, -0.05) is 0 Å². The van der Waals surface area contributed by atoms with Gasteiger partial charge in [0.15, 0.2) is 0 Å². The molecular formula is C12H13N3OS2. The van der Waals surface area contributed by atoms with E-state index in [9.17, 15) is 4.79 Å². The monoisotopic (exact) mass is 279 g/mol. The molecule has 0 saturated carbocycles. The summed E-state index contributed by atoms with van der Waals surface area (Å²) in [6, 6.07) is 0. The predicted molar refractivity (Wildman–Crippen MR) is 72.1 cm³/mol. The molecule has 2 aromatic heterocycles. The van der Waals surface area contributed by atoms with Crippen molar-refractivity contribution in [1.82, 2.24) is 14.9 Å². The van der Waals surface area contributed by atoms with Crippen molar-refractivity contribution < 1.29 is 4.79 Å². The standard InChI is InChI=1S/C12H13N3OS2/c16-12(10-6-13-8-18-10)15-4-1-2-9(7-15)11-14-3-5-17-11/h3,5-6,8-9H,1-2,4,7H2. The van der Waals surface area contributed by atoms with Gasteiger partial charge in [0.1, 0.15) is 4.88 Å². The molecule has 1 fully saturated rings. The Balaban J connectivity index is 1.73. The third-order valence-corrected chi connectivity index (χ3v) is 4.85. The summed E-state index contributed by atoms with van der Waals surface area (Å²) in [5.41, 5.74) is 1.70. The molecule has 1 aliphatic heterocycles. The Morgan fingerprint density at radius 3 is 3.11 bits per heavy atom. The van der Waals surface area contributed by atoms with Crippen molar-refractivity contribution in [2.24, 2.45) is 0 Å². The van der Waals surface area contributed by atoms with Crippen LogP contribution in [0.3, 0.4) is 0 Å². The molecule has 1 saturated heterocycles. The van der Waals surface area contributed by atoms with Gasteiger partial charge in [-0.05, 0) is 12.8 Å². The average molecular weight is 279 g/mol. The lowest BCUT2D eigenvalue weighted by Crippen LogP contribution is -2.38. The fraction of sp³-hybridized carbons (Fsp3) is 0.417. The van der Waals surface area contributed by atoms with Crippen LogP contribution in [0.5, 0.6) is 0 Å². The van der Waals surface area contributed by atoms with E-state index in [1.54, 1.807) is 23.0 Å². The van der Waals surface area contributed by atoms with E-state index in [4.69, 9.17) is 0 Å². The molecule has 4 nitrogen and oxygen atoms in total. The number of rotatable bonds is 2. The number of piperidine rings is 1. The van der Waals surface area contributed by atoms with Crippen LogP contribution < -0.4 is 0 Å². The molecule has 2 aromatic rings. The highest BCUT2D eigenvalue weighted by Gasteiger charge is 2.27. The summed E-state index contributed by atoms with van der Waals surface area (Å²) in [4.78, 5) is 23.3. The van der Waals surface area contributed by atoms with Crippen molar-refractivity contribution in [1.29, 1.82) is 0 Å². The summed E-state index contributed by atoms with van der Waals surface area (Å²) in [6.45, 7) is 1.63. The van der Waals surface area contributed by atoms with Crippen LogP contribution >= 0.6 is 22.7 Å². The first-order valence-electron chi connectivity index (χ1n) is 5.92. The summed E-state index contributed by atoms with van der Waals surface area (Å²) in [5, 5.41) is 3.15. The highest BCUT2D eigenvalue weighted by atomic mass is 32.1. The van der Waals surface area contributed by atoms with Gasteiger partial charge in [0.05, 0.1) is 16.7 Å². The summed E-state index contributed by atoms with van der Waals surface area (Å²) in [7, 11) is 0. The highest BCUT2D eigenvalue weighted by molar-refractivity contribution is 7.11. The largest absolute Gasteiger partial charge is 0.337 e. The molecule has 1 unspecified atom stereocenters. The number of carbonyl (C=O) groups excluding carboxylic acids is 1. The van der Waals surface area contributed by atoms with E-state index >= 15 is 0 Å². The van der Waals surface area contributed by atoms with Crippen LogP contribution in [0.1, 0.15) is 33.4 Å². The zero-order valence-electron chi connectivity index (χ0n) is 9.78. The number of nitrogens with zero attached hydrogens (tertiary/aromatic N) is 3. The topological polar surface area (TPSA) is 46.1 Å². The Morgan fingerprint density at radius 2 is 2.39 bits per heavy atom. The number of hydrogen-bond donors (Lipinski definition) is 0. The Hall–Kier alpha value is -1.27. The van der Waals surface area contributed by atoms with E-state index in [0.717, 1.165) is 35.8 Å². The number of carbonyl (C=O) groups is 1. The van der Waals surface area contributed by atoms with Gasteiger partial charge in [-0.15, -0.1) is 22.7 Å². The maximum atomic E-state index is 12.3. The van der Waals surface area contributed by atoms with E-state index in [1.165, 1.54) is 11.3 Å². The molecule has 1 atom stereocenters. The molecule has 3 rings (SSSR count). The van der Waals surface area contributed by atoms with Gasteiger partial charge in [0.25, 0.3) is 5.91 Å². The van der Waals surface area contributed by atoms with Crippen LogP contribution in [-0.4, -0.2) is 33.9 Å². The third kappa shape index (κ3) is 2.30.